The molecule has 0 bridgehead atoms. The van der Waals surface area contributed by atoms with E-state index in [4.69, 9.17) is 4.74 Å². The number of aromatic amines is 1. The van der Waals surface area contributed by atoms with Gasteiger partial charge >= 0.3 is 11.8 Å². The first kappa shape index (κ1) is 16.4. The summed E-state index contributed by atoms with van der Waals surface area (Å²) in [5, 5.41) is 12.3. The molecule has 0 aliphatic carbocycles. The molecule has 128 valence electrons. The zero-order valence-electron chi connectivity index (χ0n) is 13.6. The van der Waals surface area contributed by atoms with Crippen molar-refractivity contribution in [2.45, 2.75) is 6.42 Å². The maximum atomic E-state index is 12.0. The van der Waals surface area contributed by atoms with Gasteiger partial charge in [0.2, 0.25) is 0 Å². The van der Waals surface area contributed by atoms with Crippen LogP contribution in [0.2, 0.25) is 0 Å². The van der Waals surface area contributed by atoms with E-state index < -0.39 is 11.8 Å². The van der Waals surface area contributed by atoms with Crippen LogP contribution in [-0.4, -0.2) is 40.7 Å². The average Bonchev–Trinajstić information content (AvgIpc) is 3.05. The smallest absolute Gasteiger partial charge is 0.314 e. The Morgan fingerprint density at radius 2 is 2.00 bits per heavy atom. The highest BCUT2D eigenvalue weighted by molar-refractivity contribution is 6.40. The zero-order valence-corrected chi connectivity index (χ0v) is 13.6. The Kier molecular flexibility index (Phi) is 4.89. The number of methoxy groups -OCH3 is 1. The monoisotopic (exact) mass is 339 g/mol. The van der Waals surface area contributed by atoms with E-state index in [1.54, 1.807) is 25.4 Å². The second kappa shape index (κ2) is 7.43. The van der Waals surface area contributed by atoms with Crippen LogP contribution in [0.5, 0.6) is 5.75 Å². The summed E-state index contributed by atoms with van der Waals surface area (Å²) >= 11 is 0. The first-order valence-corrected chi connectivity index (χ1v) is 7.69. The molecule has 3 rings (SSSR count). The van der Waals surface area contributed by atoms with Crippen molar-refractivity contribution in [2.24, 2.45) is 0 Å². The van der Waals surface area contributed by atoms with Crippen molar-refractivity contribution in [2.75, 3.05) is 19.0 Å². The molecular weight excluding hydrogens is 322 g/mol. The lowest BCUT2D eigenvalue weighted by molar-refractivity contribution is -0.136. The van der Waals surface area contributed by atoms with Gasteiger partial charge in [0.1, 0.15) is 11.6 Å². The van der Waals surface area contributed by atoms with Crippen LogP contribution in [0, 0.1) is 0 Å². The van der Waals surface area contributed by atoms with Gasteiger partial charge in [0.25, 0.3) is 0 Å². The number of ether oxygens (including phenoxy) is 1. The fourth-order valence-corrected chi connectivity index (χ4v) is 2.42. The summed E-state index contributed by atoms with van der Waals surface area (Å²) < 4.78 is 5.25. The summed E-state index contributed by atoms with van der Waals surface area (Å²) in [7, 11) is 1.59. The van der Waals surface area contributed by atoms with E-state index in [2.05, 4.69) is 25.8 Å². The number of nitrogens with zero attached hydrogens (tertiary/aromatic N) is 2. The summed E-state index contributed by atoms with van der Waals surface area (Å²) in [6.45, 7) is 0.317. The largest absolute Gasteiger partial charge is 0.496 e. The van der Waals surface area contributed by atoms with Gasteiger partial charge < -0.3 is 15.4 Å². The van der Waals surface area contributed by atoms with E-state index in [9.17, 15) is 9.59 Å². The Labute approximate surface area is 143 Å². The lowest BCUT2D eigenvalue weighted by Crippen LogP contribution is -2.36. The standard InChI is InChI=1S/C17H17N5O3/c1-25-13-7-3-2-5-11(13)8-10-19-16(23)17(24)20-15-12-6-4-9-18-14(12)21-22-15/h2-7,9H,8,10H2,1H3,(H,19,23)(H2,18,20,21,22,24). The Balaban J connectivity index is 1.55. The molecule has 2 amide bonds. The van der Waals surface area contributed by atoms with Crippen LogP contribution < -0.4 is 15.4 Å². The molecule has 0 aliphatic rings. The molecule has 0 aliphatic heterocycles. The number of para-hydroxylation sites is 1. The van der Waals surface area contributed by atoms with Crippen LogP contribution >= 0.6 is 0 Å². The molecule has 0 fully saturated rings. The zero-order chi connectivity index (χ0) is 17.6. The van der Waals surface area contributed by atoms with Crippen LogP contribution in [0.3, 0.4) is 0 Å². The number of rotatable bonds is 5. The number of anilines is 1. The number of hydrogen-bond acceptors (Lipinski definition) is 5. The maximum Gasteiger partial charge on any atom is 0.314 e. The number of aromatic nitrogens is 3. The fraction of sp³-hybridized carbons (Fsp3) is 0.176. The molecule has 3 N–H and O–H groups in total. The number of fused-ring (bicyclic) bond motifs is 1. The van der Waals surface area contributed by atoms with Crippen molar-refractivity contribution in [1.29, 1.82) is 0 Å². The van der Waals surface area contributed by atoms with Crippen molar-refractivity contribution >= 4 is 28.7 Å². The number of nitrogens with one attached hydrogen (secondary N) is 3. The highest BCUT2D eigenvalue weighted by Gasteiger charge is 2.16. The van der Waals surface area contributed by atoms with Gasteiger partial charge in [-0.1, -0.05) is 18.2 Å². The van der Waals surface area contributed by atoms with E-state index in [1.807, 2.05) is 24.3 Å². The Morgan fingerprint density at radius 1 is 1.16 bits per heavy atom. The van der Waals surface area contributed by atoms with Crippen molar-refractivity contribution in [3.8, 4) is 5.75 Å². The van der Waals surface area contributed by atoms with Crippen LogP contribution in [0.4, 0.5) is 5.82 Å². The molecular formula is C17H17N5O3. The Bertz CT molecular complexity index is 906. The van der Waals surface area contributed by atoms with Crippen molar-refractivity contribution in [1.82, 2.24) is 20.5 Å². The van der Waals surface area contributed by atoms with Crippen LogP contribution in [0.1, 0.15) is 5.56 Å². The summed E-state index contributed by atoms with van der Waals surface area (Å²) in [4.78, 5) is 28.0. The minimum atomic E-state index is -0.769. The summed E-state index contributed by atoms with van der Waals surface area (Å²) in [5.74, 6) is -0.401. The molecule has 0 atom stereocenters. The second-order valence-corrected chi connectivity index (χ2v) is 5.25. The predicted molar refractivity (Wildman–Crippen MR) is 92.2 cm³/mol. The lowest BCUT2D eigenvalue weighted by Gasteiger charge is -2.09. The lowest BCUT2D eigenvalue weighted by atomic mass is 10.1. The van der Waals surface area contributed by atoms with Gasteiger partial charge in [0, 0.05) is 12.7 Å². The van der Waals surface area contributed by atoms with Gasteiger partial charge in [0.15, 0.2) is 5.65 Å². The first-order valence-electron chi connectivity index (χ1n) is 7.69. The Hall–Kier alpha value is -3.42. The van der Waals surface area contributed by atoms with Crippen molar-refractivity contribution < 1.29 is 14.3 Å². The molecule has 25 heavy (non-hydrogen) atoms. The first-order chi connectivity index (χ1) is 12.2. The number of carbonyl (C=O) groups is 2. The highest BCUT2D eigenvalue weighted by atomic mass is 16.5. The van der Waals surface area contributed by atoms with Crippen LogP contribution in [0.15, 0.2) is 42.6 Å². The van der Waals surface area contributed by atoms with E-state index in [0.29, 0.717) is 29.8 Å². The van der Waals surface area contributed by atoms with Gasteiger partial charge in [0.05, 0.1) is 12.5 Å². The second-order valence-electron chi connectivity index (χ2n) is 5.25. The van der Waals surface area contributed by atoms with Crippen molar-refractivity contribution in [3.05, 3.63) is 48.2 Å². The van der Waals surface area contributed by atoms with E-state index >= 15 is 0 Å². The molecule has 0 saturated heterocycles. The van der Waals surface area contributed by atoms with Gasteiger partial charge in [-0.3, -0.25) is 14.7 Å². The molecule has 2 aromatic heterocycles. The summed E-state index contributed by atoms with van der Waals surface area (Å²) in [6.07, 6.45) is 2.15. The predicted octanol–water partition coefficient (Wildman–Crippen LogP) is 1.26. The number of H-pyrrole nitrogens is 1. The Morgan fingerprint density at radius 3 is 2.84 bits per heavy atom. The number of carbonyl (C=O) groups excluding carboxylic acids is 2. The topological polar surface area (TPSA) is 109 Å². The van der Waals surface area contributed by atoms with E-state index in [-0.39, 0.29) is 0 Å². The quantitative estimate of drug-likeness (QED) is 0.607. The third-order valence-corrected chi connectivity index (χ3v) is 3.65. The van der Waals surface area contributed by atoms with Crippen LogP contribution in [0.25, 0.3) is 11.0 Å². The highest BCUT2D eigenvalue weighted by Crippen LogP contribution is 2.18. The number of pyridine rings is 1. The third-order valence-electron chi connectivity index (χ3n) is 3.65. The summed E-state index contributed by atoms with van der Waals surface area (Å²) in [6, 6.07) is 11.0. The number of amides is 2. The van der Waals surface area contributed by atoms with Gasteiger partial charge in [-0.25, -0.2) is 4.98 Å². The molecule has 2 heterocycles. The third kappa shape index (κ3) is 3.74. The number of benzene rings is 1. The van der Waals surface area contributed by atoms with E-state index in [0.717, 1.165) is 11.3 Å². The summed E-state index contributed by atoms with van der Waals surface area (Å²) in [5.41, 5.74) is 1.42. The minimum Gasteiger partial charge on any atom is -0.496 e. The molecule has 0 spiro atoms. The molecule has 0 unspecified atom stereocenters. The molecule has 3 aromatic rings. The molecule has 0 radical (unpaired) electrons. The molecule has 0 saturated carbocycles. The molecule has 1 aromatic carbocycles. The molecule has 8 nitrogen and oxygen atoms in total. The normalized spacial score (nSPS) is 10.4. The fourth-order valence-electron chi connectivity index (χ4n) is 2.42. The average molecular weight is 339 g/mol. The maximum absolute atomic E-state index is 12.0. The van der Waals surface area contributed by atoms with Gasteiger partial charge in [-0.2, -0.15) is 5.10 Å². The SMILES string of the molecule is COc1ccccc1CCNC(=O)C(=O)Nc1[nH]nc2ncccc12. The van der Waals surface area contributed by atoms with E-state index in [1.165, 1.54) is 0 Å². The van der Waals surface area contributed by atoms with Crippen molar-refractivity contribution in [3.63, 3.8) is 0 Å². The number of hydrogen-bond donors (Lipinski definition) is 3. The van der Waals surface area contributed by atoms with Gasteiger partial charge in [-0.15, -0.1) is 0 Å². The minimum absolute atomic E-state index is 0.317. The van der Waals surface area contributed by atoms with Crippen LogP contribution in [-0.2, 0) is 16.0 Å². The van der Waals surface area contributed by atoms with Gasteiger partial charge in [-0.05, 0) is 30.2 Å². The molecule has 8 heteroatoms.